The minimum atomic E-state index is -4.58. The summed E-state index contributed by atoms with van der Waals surface area (Å²) in [4.78, 5) is 4.00. The van der Waals surface area contributed by atoms with E-state index in [1.807, 2.05) is 0 Å². The van der Waals surface area contributed by atoms with Crippen LogP contribution in [0.4, 0.5) is 32.2 Å². The number of nitrogens with zero attached hydrogens (tertiary/aromatic N) is 1. The molecule has 2 rings (SSSR count). The molecular weight excluding hydrogens is 390 g/mol. The smallest absolute Gasteiger partial charge is 0.372 e. The van der Waals surface area contributed by atoms with Gasteiger partial charge < -0.3 is 5.32 Å². The first kappa shape index (κ1) is 21.0. The van der Waals surface area contributed by atoms with Gasteiger partial charge in [0.25, 0.3) is 0 Å². The Bertz CT molecular complexity index is 878. The summed E-state index contributed by atoms with van der Waals surface area (Å²) >= 11 is 1.17. The fraction of sp³-hybridized carbons (Fsp3) is 0.278. The first-order chi connectivity index (χ1) is 12.6. The van der Waals surface area contributed by atoms with E-state index in [1.165, 1.54) is 24.9 Å². The first-order valence-electron chi connectivity index (χ1n) is 7.67. The van der Waals surface area contributed by atoms with Gasteiger partial charge in [-0.05, 0) is 30.0 Å². The fourth-order valence-corrected chi connectivity index (χ4v) is 2.92. The fourth-order valence-electron chi connectivity index (χ4n) is 2.13. The second kappa shape index (κ2) is 8.13. The van der Waals surface area contributed by atoms with Gasteiger partial charge in [0.15, 0.2) is 0 Å². The standard InChI is InChI=1S/C18H14F6N2S/c1-3-27-15-9-13(17(19,20)21)7-6-11(15)4-5-12-8-14(18(22,23)24)10-26-16(12)25-2/h6-10H,3H2,1-2H3,(H,25,26). The molecule has 1 aromatic carbocycles. The lowest BCUT2D eigenvalue weighted by atomic mass is 10.1. The van der Waals surface area contributed by atoms with Crippen molar-refractivity contribution in [3.8, 4) is 11.8 Å². The molecule has 0 spiro atoms. The van der Waals surface area contributed by atoms with Crippen LogP contribution in [0.15, 0.2) is 35.4 Å². The molecule has 1 N–H and O–H groups in total. The summed E-state index contributed by atoms with van der Waals surface area (Å²) in [5.41, 5.74) is -1.46. The molecule has 2 aromatic rings. The molecule has 1 aromatic heterocycles. The van der Waals surface area contributed by atoms with E-state index in [2.05, 4.69) is 22.1 Å². The molecule has 0 aliphatic heterocycles. The molecule has 0 fully saturated rings. The molecule has 0 atom stereocenters. The Balaban J connectivity index is 2.50. The normalized spacial score (nSPS) is 11.7. The van der Waals surface area contributed by atoms with E-state index in [9.17, 15) is 26.3 Å². The SMILES string of the molecule is CCSc1cc(C(F)(F)F)ccc1C#Cc1cc(C(F)(F)F)cnc1NC. The van der Waals surface area contributed by atoms with Gasteiger partial charge in [0.05, 0.1) is 16.7 Å². The van der Waals surface area contributed by atoms with Crippen LogP contribution in [0.1, 0.15) is 29.2 Å². The Morgan fingerprint density at radius 2 is 1.59 bits per heavy atom. The number of benzene rings is 1. The minimum Gasteiger partial charge on any atom is -0.372 e. The van der Waals surface area contributed by atoms with Gasteiger partial charge in [0.2, 0.25) is 0 Å². The molecule has 0 radical (unpaired) electrons. The third kappa shape index (κ3) is 5.32. The molecule has 2 nitrogen and oxygen atoms in total. The molecule has 0 aliphatic rings. The summed E-state index contributed by atoms with van der Waals surface area (Å²) in [5, 5.41) is 2.64. The lowest BCUT2D eigenvalue weighted by Gasteiger charge is -2.10. The number of hydrogen-bond acceptors (Lipinski definition) is 3. The van der Waals surface area contributed by atoms with E-state index in [1.54, 1.807) is 6.92 Å². The van der Waals surface area contributed by atoms with Gasteiger partial charge in [-0.15, -0.1) is 11.8 Å². The van der Waals surface area contributed by atoms with Crippen molar-refractivity contribution in [1.82, 2.24) is 4.98 Å². The van der Waals surface area contributed by atoms with Crippen molar-refractivity contribution in [1.29, 1.82) is 0 Å². The number of anilines is 1. The number of halogens is 6. The van der Waals surface area contributed by atoms with Crippen molar-refractivity contribution in [3.63, 3.8) is 0 Å². The summed E-state index contributed by atoms with van der Waals surface area (Å²) in [7, 11) is 1.48. The Morgan fingerprint density at radius 3 is 2.15 bits per heavy atom. The number of pyridine rings is 1. The van der Waals surface area contributed by atoms with Crippen LogP contribution in [-0.4, -0.2) is 17.8 Å². The number of alkyl halides is 6. The van der Waals surface area contributed by atoms with Gasteiger partial charge >= 0.3 is 12.4 Å². The third-order valence-corrected chi connectivity index (χ3v) is 4.33. The van der Waals surface area contributed by atoms with Gasteiger partial charge in [-0.1, -0.05) is 18.8 Å². The summed E-state index contributed by atoms with van der Waals surface area (Å²) in [6, 6.07) is 3.95. The molecule has 0 saturated heterocycles. The zero-order valence-corrected chi connectivity index (χ0v) is 15.0. The number of rotatable bonds is 3. The van der Waals surface area contributed by atoms with Crippen molar-refractivity contribution in [2.45, 2.75) is 24.2 Å². The first-order valence-corrected chi connectivity index (χ1v) is 8.66. The van der Waals surface area contributed by atoms with Crippen LogP contribution in [-0.2, 0) is 12.4 Å². The van der Waals surface area contributed by atoms with Gasteiger partial charge in [0, 0.05) is 23.7 Å². The van der Waals surface area contributed by atoms with Crippen molar-refractivity contribution in [3.05, 3.63) is 52.7 Å². The maximum absolute atomic E-state index is 12.9. The zero-order valence-electron chi connectivity index (χ0n) is 14.2. The maximum atomic E-state index is 12.9. The predicted molar refractivity (Wildman–Crippen MR) is 92.6 cm³/mol. The van der Waals surface area contributed by atoms with Crippen LogP contribution < -0.4 is 5.32 Å². The molecule has 0 unspecified atom stereocenters. The van der Waals surface area contributed by atoms with E-state index in [0.29, 0.717) is 22.4 Å². The Hall–Kier alpha value is -2.34. The van der Waals surface area contributed by atoms with Gasteiger partial charge in [-0.2, -0.15) is 26.3 Å². The van der Waals surface area contributed by atoms with E-state index in [4.69, 9.17) is 0 Å². The largest absolute Gasteiger partial charge is 0.417 e. The van der Waals surface area contributed by atoms with E-state index >= 15 is 0 Å². The molecule has 1 heterocycles. The highest BCUT2D eigenvalue weighted by Gasteiger charge is 2.32. The van der Waals surface area contributed by atoms with E-state index in [-0.39, 0.29) is 11.4 Å². The summed E-state index contributed by atoms with van der Waals surface area (Å²) in [6.45, 7) is 1.78. The lowest BCUT2D eigenvalue weighted by molar-refractivity contribution is -0.138. The topological polar surface area (TPSA) is 24.9 Å². The highest BCUT2D eigenvalue weighted by Crippen LogP contribution is 2.34. The molecule has 0 saturated carbocycles. The maximum Gasteiger partial charge on any atom is 0.417 e. The van der Waals surface area contributed by atoms with Crippen LogP contribution in [0.5, 0.6) is 0 Å². The summed E-state index contributed by atoms with van der Waals surface area (Å²) < 4.78 is 77.2. The van der Waals surface area contributed by atoms with Crippen LogP contribution in [0, 0.1) is 11.8 Å². The molecule has 0 aliphatic carbocycles. The highest BCUT2D eigenvalue weighted by molar-refractivity contribution is 7.99. The molecule has 0 amide bonds. The Labute approximate surface area is 156 Å². The molecular formula is C18H14F6N2S. The Kier molecular flexibility index (Phi) is 6.31. The number of hydrogen-bond donors (Lipinski definition) is 1. The summed E-state index contributed by atoms with van der Waals surface area (Å²) in [6.07, 6.45) is -8.37. The number of aromatic nitrogens is 1. The van der Waals surface area contributed by atoms with Crippen LogP contribution >= 0.6 is 11.8 Å². The quantitative estimate of drug-likeness (QED) is 0.405. The van der Waals surface area contributed by atoms with Gasteiger partial charge in [-0.3, -0.25) is 0 Å². The zero-order chi connectivity index (χ0) is 20.2. The van der Waals surface area contributed by atoms with Crippen molar-refractivity contribution < 1.29 is 26.3 Å². The van der Waals surface area contributed by atoms with Crippen molar-refractivity contribution in [2.75, 3.05) is 18.1 Å². The molecule has 144 valence electrons. The molecule has 0 bridgehead atoms. The van der Waals surface area contributed by atoms with E-state index < -0.39 is 23.5 Å². The number of nitrogens with one attached hydrogen (secondary N) is 1. The second-order valence-electron chi connectivity index (χ2n) is 5.26. The van der Waals surface area contributed by atoms with Crippen molar-refractivity contribution >= 4 is 17.6 Å². The molecule has 27 heavy (non-hydrogen) atoms. The highest BCUT2D eigenvalue weighted by atomic mass is 32.2. The Morgan fingerprint density at radius 1 is 0.963 bits per heavy atom. The second-order valence-corrected chi connectivity index (χ2v) is 6.57. The van der Waals surface area contributed by atoms with Crippen molar-refractivity contribution in [2.24, 2.45) is 0 Å². The van der Waals surface area contributed by atoms with Crippen LogP contribution in [0.25, 0.3) is 0 Å². The third-order valence-electron chi connectivity index (χ3n) is 3.39. The number of thioether (sulfide) groups is 1. The monoisotopic (exact) mass is 404 g/mol. The van der Waals surface area contributed by atoms with E-state index in [0.717, 1.165) is 18.2 Å². The average molecular weight is 404 g/mol. The van der Waals surface area contributed by atoms with Crippen LogP contribution in [0.3, 0.4) is 0 Å². The molecule has 9 heteroatoms. The van der Waals surface area contributed by atoms with Gasteiger partial charge in [0.1, 0.15) is 5.82 Å². The summed E-state index contributed by atoms with van der Waals surface area (Å²) in [5.74, 6) is 5.90. The van der Waals surface area contributed by atoms with Gasteiger partial charge in [-0.25, -0.2) is 4.98 Å². The predicted octanol–water partition coefficient (Wildman–Crippen LogP) is 5.67. The van der Waals surface area contributed by atoms with Crippen LogP contribution in [0.2, 0.25) is 0 Å². The lowest BCUT2D eigenvalue weighted by Crippen LogP contribution is -2.07. The average Bonchev–Trinajstić information content (AvgIpc) is 2.59. The minimum absolute atomic E-state index is 0.000304.